The first-order valence-electron chi connectivity index (χ1n) is 6.60. The third-order valence-electron chi connectivity index (χ3n) is 3.72. The van der Waals surface area contributed by atoms with E-state index < -0.39 is 0 Å². The number of rotatable bonds is 2. The average Bonchev–Trinajstić information content (AvgIpc) is 2.46. The minimum atomic E-state index is -0.287. The monoisotopic (exact) mass is 255 g/mol. The molecule has 2 heterocycles. The highest BCUT2D eigenvalue weighted by Gasteiger charge is 2.31. The standard InChI is InChI=1S/C12H21N3O3/c13-11(14-17)9-4-3-6-15(8-9)12(16)10-5-1-2-7-18-10/h9-10,17H,1-8H2,(H2,13,14). The Hall–Kier alpha value is -1.30. The molecule has 0 bridgehead atoms. The van der Waals surface area contributed by atoms with Crippen LogP contribution in [0.25, 0.3) is 0 Å². The number of nitrogens with zero attached hydrogens (tertiary/aromatic N) is 2. The van der Waals surface area contributed by atoms with Crippen LogP contribution in [-0.2, 0) is 9.53 Å². The minimum absolute atomic E-state index is 0.0312. The Morgan fingerprint density at radius 3 is 2.83 bits per heavy atom. The molecule has 18 heavy (non-hydrogen) atoms. The van der Waals surface area contributed by atoms with E-state index in [9.17, 15) is 4.79 Å². The summed E-state index contributed by atoms with van der Waals surface area (Å²) in [5, 5.41) is 11.7. The maximum atomic E-state index is 12.3. The van der Waals surface area contributed by atoms with Crippen molar-refractivity contribution in [3.63, 3.8) is 0 Å². The minimum Gasteiger partial charge on any atom is -0.409 e. The maximum absolute atomic E-state index is 12.3. The summed E-state index contributed by atoms with van der Waals surface area (Å²) in [7, 11) is 0. The summed E-state index contributed by atoms with van der Waals surface area (Å²) >= 11 is 0. The van der Waals surface area contributed by atoms with Crippen LogP contribution in [0.3, 0.4) is 0 Å². The largest absolute Gasteiger partial charge is 0.409 e. The van der Waals surface area contributed by atoms with Gasteiger partial charge < -0.3 is 20.6 Å². The van der Waals surface area contributed by atoms with Gasteiger partial charge in [-0.15, -0.1) is 0 Å². The zero-order valence-electron chi connectivity index (χ0n) is 10.5. The molecule has 2 aliphatic rings. The van der Waals surface area contributed by atoms with Crippen LogP contribution < -0.4 is 5.73 Å². The van der Waals surface area contributed by atoms with Gasteiger partial charge in [0, 0.05) is 25.6 Å². The number of hydrogen-bond acceptors (Lipinski definition) is 4. The van der Waals surface area contributed by atoms with E-state index in [0.717, 1.165) is 38.6 Å². The molecule has 102 valence electrons. The van der Waals surface area contributed by atoms with E-state index in [0.29, 0.717) is 13.2 Å². The lowest BCUT2D eigenvalue weighted by atomic mass is 9.96. The van der Waals surface area contributed by atoms with E-state index in [1.807, 2.05) is 0 Å². The lowest BCUT2D eigenvalue weighted by Gasteiger charge is -2.35. The Labute approximate surface area is 107 Å². The molecule has 2 atom stereocenters. The van der Waals surface area contributed by atoms with E-state index in [2.05, 4.69) is 5.16 Å². The van der Waals surface area contributed by atoms with Gasteiger partial charge in [-0.05, 0) is 32.1 Å². The molecule has 2 aliphatic heterocycles. The average molecular weight is 255 g/mol. The van der Waals surface area contributed by atoms with E-state index in [4.69, 9.17) is 15.7 Å². The second-order valence-electron chi connectivity index (χ2n) is 5.00. The van der Waals surface area contributed by atoms with Crippen molar-refractivity contribution < 1.29 is 14.7 Å². The highest BCUT2D eigenvalue weighted by Crippen LogP contribution is 2.21. The molecule has 0 aromatic rings. The van der Waals surface area contributed by atoms with Crippen molar-refractivity contribution in [3.05, 3.63) is 0 Å². The number of ether oxygens (including phenoxy) is 1. The van der Waals surface area contributed by atoms with Crippen LogP contribution in [0.2, 0.25) is 0 Å². The molecule has 0 aromatic heterocycles. The molecule has 3 N–H and O–H groups in total. The Kier molecular flexibility index (Phi) is 4.41. The van der Waals surface area contributed by atoms with Crippen molar-refractivity contribution in [1.82, 2.24) is 4.90 Å². The van der Waals surface area contributed by atoms with Gasteiger partial charge in [-0.1, -0.05) is 5.16 Å². The van der Waals surface area contributed by atoms with Crippen molar-refractivity contribution in [1.29, 1.82) is 0 Å². The molecule has 0 radical (unpaired) electrons. The predicted molar refractivity (Wildman–Crippen MR) is 66.3 cm³/mol. The topological polar surface area (TPSA) is 88.2 Å². The normalized spacial score (nSPS) is 30.2. The number of amidine groups is 1. The van der Waals surface area contributed by atoms with Crippen LogP contribution in [0.15, 0.2) is 5.16 Å². The molecule has 0 spiro atoms. The van der Waals surface area contributed by atoms with Gasteiger partial charge in [0.05, 0.1) is 0 Å². The maximum Gasteiger partial charge on any atom is 0.251 e. The lowest BCUT2D eigenvalue weighted by Crippen LogP contribution is -2.48. The molecule has 6 heteroatoms. The molecule has 0 saturated carbocycles. The second-order valence-corrected chi connectivity index (χ2v) is 5.00. The van der Waals surface area contributed by atoms with Gasteiger partial charge in [0.2, 0.25) is 0 Å². The summed E-state index contributed by atoms with van der Waals surface area (Å²) < 4.78 is 5.51. The molecule has 1 amide bonds. The van der Waals surface area contributed by atoms with Crippen molar-refractivity contribution in [2.24, 2.45) is 16.8 Å². The summed E-state index contributed by atoms with van der Waals surface area (Å²) in [5.41, 5.74) is 5.62. The fraction of sp³-hybridized carbons (Fsp3) is 0.833. The number of amides is 1. The van der Waals surface area contributed by atoms with Crippen LogP contribution in [0.5, 0.6) is 0 Å². The molecule has 2 rings (SSSR count). The van der Waals surface area contributed by atoms with Crippen molar-refractivity contribution in [2.45, 2.75) is 38.2 Å². The molecular weight excluding hydrogens is 234 g/mol. The van der Waals surface area contributed by atoms with Crippen LogP contribution in [-0.4, -0.2) is 47.7 Å². The van der Waals surface area contributed by atoms with Crippen LogP contribution in [0.1, 0.15) is 32.1 Å². The molecule has 0 aromatic carbocycles. The highest BCUT2D eigenvalue weighted by atomic mass is 16.5. The van der Waals surface area contributed by atoms with E-state index in [1.54, 1.807) is 4.90 Å². The number of likely N-dealkylation sites (tertiary alicyclic amines) is 1. The smallest absolute Gasteiger partial charge is 0.251 e. The zero-order chi connectivity index (χ0) is 13.0. The molecule has 2 unspecified atom stereocenters. The number of oxime groups is 1. The van der Waals surface area contributed by atoms with Crippen molar-refractivity contribution >= 4 is 11.7 Å². The number of piperidine rings is 1. The third-order valence-corrected chi connectivity index (χ3v) is 3.72. The van der Waals surface area contributed by atoms with Gasteiger partial charge in [-0.25, -0.2) is 0 Å². The van der Waals surface area contributed by atoms with Gasteiger partial charge in [-0.2, -0.15) is 0 Å². The summed E-state index contributed by atoms with van der Waals surface area (Å²) in [6.45, 7) is 1.95. The number of hydrogen-bond donors (Lipinski definition) is 2. The third kappa shape index (κ3) is 2.93. The summed E-state index contributed by atoms with van der Waals surface area (Å²) in [6.07, 6.45) is 4.36. The first-order chi connectivity index (χ1) is 8.72. The predicted octanol–water partition coefficient (Wildman–Crippen LogP) is 0.540. The lowest BCUT2D eigenvalue weighted by molar-refractivity contribution is -0.147. The first kappa shape index (κ1) is 13.1. The summed E-state index contributed by atoms with van der Waals surface area (Å²) in [4.78, 5) is 14.1. The van der Waals surface area contributed by atoms with Gasteiger partial charge in [0.15, 0.2) is 0 Å². The van der Waals surface area contributed by atoms with E-state index in [1.165, 1.54) is 0 Å². The SMILES string of the molecule is NC(=NO)C1CCCN(C(=O)C2CCCCO2)C1. The number of nitrogens with two attached hydrogens (primary N) is 1. The van der Waals surface area contributed by atoms with E-state index in [-0.39, 0.29) is 23.8 Å². The second kappa shape index (κ2) is 6.04. The molecule has 2 saturated heterocycles. The molecular formula is C12H21N3O3. The Morgan fingerprint density at radius 1 is 1.33 bits per heavy atom. The van der Waals surface area contributed by atoms with Gasteiger partial charge in [0.25, 0.3) is 5.91 Å². The number of carbonyl (C=O) groups is 1. The fourth-order valence-electron chi connectivity index (χ4n) is 2.64. The van der Waals surface area contributed by atoms with Crippen LogP contribution in [0, 0.1) is 5.92 Å². The fourth-order valence-corrected chi connectivity index (χ4v) is 2.64. The van der Waals surface area contributed by atoms with Gasteiger partial charge in [-0.3, -0.25) is 4.79 Å². The Balaban J connectivity index is 1.93. The number of carbonyl (C=O) groups excluding carboxylic acids is 1. The van der Waals surface area contributed by atoms with Crippen molar-refractivity contribution in [2.75, 3.05) is 19.7 Å². The van der Waals surface area contributed by atoms with Crippen LogP contribution in [0.4, 0.5) is 0 Å². The molecule has 6 nitrogen and oxygen atoms in total. The zero-order valence-corrected chi connectivity index (χ0v) is 10.5. The summed E-state index contributed by atoms with van der Waals surface area (Å²) in [6, 6.07) is 0. The van der Waals surface area contributed by atoms with Gasteiger partial charge in [0.1, 0.15) is 11.9 Å². The first-order valence-corrected chi connectivity index (χ1v) is 6.60. The van der Waals surface area contributed by atoms with Crippen molar-refractivity contribution in [3.8, 4) is 0 Å². The quantitative estimate of drug-likeness (QED) is 0.326. The van der Waals surface area contributed by atoms with Gasteiger partial charge >= 0.3 is 0 Å². The Morgan fingerprint density at radius 2 is 2.17 bits per heavy atom. The van der Waals surface area contributed by atoms with E-state index >= 15 is 0 Å². The Bertz CT molecular complexity index is 327. The molecule has 0 aliphatic carbocycles. The van der Waals surface area contributed by atoms with Crippen LogP contribution >= 0.6 is 0 Å². The highest BCUT2D eigenvalue weighted by molar-refractivity contribution is 5.85. The molecule has 2 fully saturated rings. The summed E-state index contributed by atoms with van der Waals surface area (Å²) in [5.74, 6) is 0.249.